The second-order valence-electron chi connectivity index (χ2n) is 7.60. The number of carbonyl (C=O) groups excluding carboxylic acids is 3. The number of benzene rings is 1. The molecule has 8 nitrogen and oxygen atoms in total. The van der Waals surface area contributed by atoms with E-state index >= 15 is 0 Å². The van der Waals surface area contributed by atoms with Gasteiger partial charge < -0.3 is 20.3 Å². The van der Waals surface area contributed by atoms with Crippen LogP contribution in [0.15, 0.2) is 38.6 Å². The quantitative estimate of drug-likeness (QED) is 0.563. The summed E-state index contributed by atoms with van der Waals surface area (Å²) in [4.78, 5) is 40.9. The van der Waals surface area contributed by atoms with E-state index in [9.17, 15) is 14.4 Å². The molecule has 1 saturated heterocycles. The summed E-state index contributed by atoms with van der Waals surface area (Å²) in [5, 5.41) is 5.77. The number of nitrogens with zero attached hydrogens (tertiary/aromatic N) is 2. The normalized spacial score (nSPS) is 15.0. The Balaban J connectivity index is 1.63. The molecule has 0 unspecified atom stereocenters. The molecule has 1 aromatic carbocycles. The maximum absolute atomic E-state index is 12.7. The minimum Gasteiger partial charge on any atom is -0.399 e. The van der Waals surface area contributed by atoms with Crippen molar-refractivity contribution in [1.29, 1.82) is 0 Å². The molecule has 166 valence electrons. The zero-order valence-corrected chi connectivity index (χ0v) is 21.2. The van der Waals surface area contributed by atoms with E-state index < -0.39 is 17.5 Å². The zero-order valence-electron chi connectivity index (χ0n) is 17.2. The number of piperazine rings is 1. The van der Waals surface area contributed by atoms with Crippen LogP contribution in [0.25, 0.3) is 0 Å². The predicted molar refractivity (Wildman–Crippen MR) is 128 cm³/mol. The molecule has 1 aliphatic heterocycles. The molecule has 0 saturated carbocycles. The number of hydrogen-bond acceptors (Lipinski definition) is 6. The molecule has 31 heavy (non-hydrogen) atoms. The molecule has 3 amide bonds. The van der Waals surface area contributed by atoms with Crippen LogP contribution in [0.4, 0.5) is 16.2 Å². The zero-order chi connectivity index (χ0) is 22.8. The Labute approximate surface area is 201 Å². The molecule has 2 aromatic rings. The second kappa shape index (κ2) is 9.68. The summed E-state index contributed by atoms with van der Waals surface area (Å²) in [5.41, 5.74) is 0.0660. The Hall–Kier alpha value is -1.95. The first-order valence-electron chi connectivity index (χ1n) is 9.40. The van der Waals surface area contributed by atoms with Gasteiger partial charge in [0.1, 0.15) is 5.54 Å². The van der Waals surface area contributed by atoms with Crippen LogP contribution in [0.2, 0.25) is 0 Å². The molecule has 2 N–H and O–H groups in total. The number of hydrogen-bond donors (Lipinski definition) is 2. The minimum atomic E-state index is -1.22. The molecular weight excluding hydrogens is 552 g/mol. The van der Waals surface area contributed by atoms with Crippen LogP contribution in [-0.2, 0) is 9.59 Å². The van der Waals surface area contributed by atoms with Gasteiger partial charge in [-0.25, -0.2) is 4.79 Å². The summed E-state index contributed by atoms with van der Waals surface area (Å²) in [6.07, 6.45) is -0.723. The Morgan fingerprint density at radius 1 is 1.16 bits per heavy atom. The van der Waals surface area contributed by atoms with Crippen LogP contribution in [0.1, 0.15) is 13.8 Å². The van der Waals surface area contributed by atoms with Crippen molar-refractivity contribution < 1.29 is 19.1 Å². The van der Waals surface area contributed by atoms with Gasteiger partial charge >= 0.3 is 6.09 Å². The van der Waals surface area contributed by atoms with Crippen molar-refractivity contribution in [1.82, 2.24) is 10.2 Å². The third-order valence-electron chi connectivity index (χ3n) is 4.63. The SMILES string of the molecule is CN1CCN(c2ccc(NC(=O)C(C)(C)NC(=O)Oc3ccc(Br)s3)cc2Br)C(=O)C1. The van der Waals surface area contributed by atoms with E-state index in [1.807, 2.05) is 11.9 Å². The van der Waals surface area contributed by atoms with Crippen molar-refractivity contribution in [2.24, 2.45) is 0 Å². The predicted octanol–water partition coefficient (Wildman–Crippen LogP) is 4.06. The number of likely N-dealkylation sites (N-methyl/N-ethyl adjacent to an activating group) is 1. The van der Waals surface area contributed by atoms with Crippen LogP contribution in [-0.4, -0.2) is 55.0 Å². The van der Waals surface area contributed by atoms with Crippen LogP contribution in [0, 0.1) is 0 Å². The van der Waals surface area contributed by atoms with Crippen molar-refractivity contribution in [3.63, 3.8) is 0 Å². The second-order valence-corrected chi connectivity index (χ2v) is 10.9. The summed E-state index contributed by atoms with van der Waals surface area (Å²) < 4.78 is 6.73. The maximum Gasteiger partial charge on any atom is 0.414 e. The Kier molecular flexibility index (Phi) is 7.40. The van der Waals surface area contributed by atoms with Crippen LogP contribution in [0.3, 0.4) is 0 Å². The van der Waals surface area contributed by atoms with Crippen molar-refractivity contribution in [2.75, 3.05) is 36.9 Å². The summed E-state index contributed by atoms with van der Waals surface area (Å²) in [7, 11) is 1.91. The number of nitrogens with one attached hydrogen (secondary N) is 2. The van der Waals surface area contributed by atoms with E-state index in [0.717, 1.165) is 16.0 Å². The molecule has 11 heteroatoms. The number of rotatable bonds is 5. The van der Waals surface area contributed by atoms with Gasteiger partial charge in [-0.15, -0.1) is 0 Å². The molecule has 0 aliphatic carbocycles. The molecule has 0 spiro atoms. The highest BCUT2D eigenvalue weighted by Crippen LogP contribution is 2.31. The van der Waals surface area contributed by atoms with Gasteiger partial charge in [0.25, 0.3) is 0 Å². The first-order chi connectivity index (χ1) is 14.5. The summed E-state index contributed by atoms with van der Waals surface area (Å²) in [6.45, 7) is 4.92. The van der Waals surface area contributed by atoms with Gasteiger partial charge in [0, 0.05) is 23.2 Å². The van der Waals surface area contributed by atoms with Gasteiger partial charge in [0.2, 0.25) is 11.8 Å². The fraction of sp³-hybridized carbons (Fsp3) is 0.350. The molecule has 0 radical (unpaired) electrons. The van der Waals surface area contributed by atoms with E-state index in [1.165, 1.54) is 11.3 Å². The first-order valence-corrected chi connectivity index (χ1v) is 11.8. The number of amides is 3. The Bertz CT molecular complexity index is 1010. The van der Waals surface area contributed by atoms with Crippen molar-refractivity contribution >= 4 is 72.5 Å². The number of halogens is 2. The van der Waals surface area contributed by atoms with Gasteiger partial charge in [-0.1, -0.05) is 11.3 Å². The molecule has 3 rings (SSSR count). The fourth-order valence-corrected chi connectivity index (χ4v) is 4.70. The van der Waals surface area contributed by atoms with Crippen molar-refractivity contribution in [3.8, 4) is 5.06 Å². The third kappa shape index (κ3) is 6.06. The third-order valence-corrected chi connectivity index (χ3v) is 6.77. The lowest BCUT2D eigenvalue weighted by Gasteiger charge is -2.32. The molecule has 1 aromatic heterocycles. The summed E-state index contributed by atoms with van der Waals surface area (Å²) in [6, 6.07) is 8.66. The van der Waals surface area contributed by atoms with Crippen LogP contribution >= 0.6 is 43.2 Å². The Morgan fingerprint density at radius 2 is 1.90 bits per heavy atom. The molecule has 2 heterocycles. The van der Waals surface area contributed by atoms with Gasteiger partial charge in [-0.05, 0) is 83.1 Å². The Morgan fingerprint density at radius 3 is 2.52 bits per heavy atom. The van der Waals surface area contributed by atoms with Crippen molar-refractivity contribution in [3.05, 3.63) is 38.6 Å². The highest BCUT2D eigenvalue weighted by molar-refractivity contribution is 9.11. The molecule has 0 atom stereocenters. The fourth-order valence-electron chi connectivity index (χ4n) is 2.92. The van der Waals surface area contributed by atoms with E-state index in [1.54, 1.807) is 49.1 Å². The van der Waals surface area contributed by atoms with E-state index in [0.29, 0.717) is 28.3 Å². The van der Waals surface area contributed by atoms with E-state index in [-0.39, 0.29) is 5.91 Å². The average Bonchev–Trinajstić information content (AvgIpc) is 3.06. The lowest BCUT2D eigenvalue weighted by Crippen LogP contribution is -2.53. The maximum atomic E-state index is 12.7. The standard InChI is InChI=1S/C20H22Br2N4O4S/c1-20(2,24-19(29)30-17-7-6-15(22)31-17)18(28)23-12-4-5-14(13(21)10-12)26-9-8-25(3)11-16(26)27/h4-7,10H,8-9,11H2,1-3H3,(H,23,28)(H,24,29). The largest absolute Gasteiger partial charge is 0.414 e. The molecule has 0 bridgehead atoms. The van der Waals surface area contributed by atoms with Crippen LogP contribution < -0.4 is 20.3 Å². The highest BCUT2D eigenvalue weighted by atomic mass is 79.9. The monoisotopic (exact) mass is 572 g/mol. The average molecular weight is 574 g/mol. The minimum absolute atomic E-state index is 0.0212. The molecular formula is C20H22Br2N4O4S. The van der Waals surface area contributed by atoms with E-state index in [4.69, 9.17) is 4.74 Å². The molecule has 1 aliphatic rings. The van der Waals surface area contributed by atoms with Gasteiger partial charge in [0.05, 0.1) is 16.0 Å². The van der Waals surface area contributed by atoms with Gasteiger partial charge in [-0.3, -0.25) is 14.5 Å². The first kappa shape index (κ1) is 23.7. The smallest absolute Gasteiger partial charge is 0.399 e. The number of ether oxygens (including phenoxy) is 1. The van der Waals surface area contributed by atoms with Gasteiger partial charge in [0.15, 0.2) is 5.06 Å². The highest BCUT2D eigenvalue weighted by Gasteiger charge is 2.31. The topological polar surface area (TPSA) is 91.0 Å². The number of carbonyl (C=O) groups is 3. The van der Waals surface area contributed by atoms with Crippen LogP contribution in [0.5, 0.6) is 5.06 Å². The number of anilines is 2. The lowest BCUT2D eigenvalue weighted by atomic mass is 10.0. The van der Waals surface area contributed by atoms with E-state index in [2.05, 4.69) is 42.5 Å². The summed E-state index contributed by atoms with van der Waals surface area (Å²) in [5.74, 6) is -0.389. The van der Waals surface area contributed by atoms with Crippen molar-refractivity contribution in [2.45, 2.75) is 19.4 Å². The number of thiophene rings is 1. The molecule has 1 fully saturated rings. The van der Waals surface area contributed by atoms with Gasteiger partial charge in [-0.2, -0.15) is 0 Å². The lowest BCUT2D eigenvalue weighted by molar-refractivity contribution is -0.121. The summed E-state index contributed by atoms with van der Waals surface area (Å²) >= 11 is 8.06.